The van der Waals surface area contributed by atoms with Crippen LogP contribution in [0.2, 0.25) is 0 Å². The normalized spacial score (nSPS) is 10.6. The zero-order chi connectivity index (χ0) is 13.0. The Bertz CT molecular complexity index is 540. The molecule has 0 unspecified atom stereocenters. The molecule has 2 rings (SSSR count). The maximum atomic E-state index is 9.32. The summed E-state index contributed by atoms with van der Waals surface area (Å²) >= 11 is 5.23. The van der Waals surface area contributed by atoms with E-state index in [1.807, 2.05) is 12.1 Å². The Morgan fingerprint density at radius 2 is 2.00 bits per heavy atom. The van der Waals surface area contributed by atoms with Crippen molar-refractivity contribution in [2.45, 2.75) is 24.2 Å². The van der Waals surface area contributed by atoms with Gasteiger partial charge in [-0.05, 0) is 30.2 Å². The Kier molecular flexibility index (Phi) is 4.87. The molecule has 1 N–H and O–H groups in total. The van der Waals surface area contributed by atoms with Crippen molar-refractivity contribution in [1.82, 2.24) is 0 Å². The minimum Gasteiger partial charge on any atom is -0.392 e. The minimum absolute atomic E-state index is 0.0867. The van der Waals surface area contributed by atoms with E-state index in [0.29, 0.717) is 0 Å². The largest absolute Gasteiger partial charge is 0.392 e. The highest BCUT2D eigenvalue weighted by atomic mass is 79.9. The lowest BCUT2D eigenvalue weighted by atomic mass is 10.2. The van der Waals surface area contributed by atoms with Crippen LogP contribution in [0.15, 0.2) is 51.8 Å². The number of thioether (sulfide) groups is 1. The standard InChI is InChI=1S/C15H15BrOS/c1-11-3-2-4-12(7-11)10-18-15-8-14(16)6-5-13(15)9-17/h2-8,17H,9-10H2,1H3. The van der Waals surface area contributed by atoms with Crippen molar-refractivity contribution in [1.29, 1.82) is 0 Å². The van der Waals surface area contributed by atoms with Crippen LogP contribution in [-0.2, 0) is 12.4 Å². The van der Waals surface area contributed by atoms with Gasteiger partial charge < -0.3 is 5.11 Å². The van der Waals surface area contributed by atoms with Crippen LogP contribution in [0.1, 0.15) is 16.7 Å². The van der Waals surface area contributed by atoms with E-state index in [4.69, 9.17) is 0 Å². The predicted octanol–water partition coefficient (Wildman–Crippen LogP) is 4.54. The Morgan fingerprint density at radius 1 is 1.17 bits per heavy atom. The maximum absolute atomic E-state index is 9.32. The molecule has 0 radical (unpaired) electrons. The van der Waals surface area contributed by atoms with E-state index in [1.54, 1.807) is 11.8 Å². The number of aryl methyl sites for hydroxylation is 1. The van der Waals surface area contributed by atoms with E-state index in [2.05, 4.69) is 53.2 Å². The van der Waals surface area contributed by atoms with Gasteiger partial charge in [0, 0.05) is 15.1 Å². The summed E-state index contributed by atoms with van der Waals surface area (Å²) < 4.78 is 1.05. The number of aliphatic hydroxyl groups excluding tert-OH is 1. The molecule has 0 aliphatic carbocycles. The van der Waals surface area contributed by atoms with Gasteiger partial charge in [0.15, 0.2) is 0 Å². The van der Waals surface area contributed by atoms with E-state index in [9.17, 15) is 5.11 Å². The van der Waals surface area contributed by atoms with Gasteiger partial charge in [0.05, 0.1) is 6.61 Å². The molecule has 0 fully saturated rings. The number of rotatable bonds is 4. The molecule has 2 aromatic carbocycles. The highest BCUT2D eigenvalue weighted by molar-refractivity contribution is 9.10. The molecular weight excluding hydrogens is 308 g/mol. The molecule has 0 bridgehead atoms. The highest BCUT2D eigenvalue weighted by Gasteiger charge is 2.04. The molecule has 0 spiro atoms. The summed E-state index contributed by atoms with van der Waals surface area (Å²) in [5.41, 5.74) is 3.57. The van der Waals surface area contributed by atoms with Crippen molar-refractivity contribution in [3.8, 4) is 0 Å². The maximum Gasteiger partial charge on any atom is 0.0692 e. The first-order chi connectivity index (χ1) is 8.69. The van der Waals surface area contributed by atoms with Crippen molar-refractivity contribution in [2.24, 2.45) is 0 Å². The van der Waals surface area contributed by atoms with Gasteiger partial charge in [-0.25, -0.2) is 0 Å². The topological polar surface area (TPSA) is 20.2 Å². The fourth-order valence-corrected chi connectivity index (χ4v) is 3.30. The van der Waals surface area contributed by atoms with Gasteiger partial charge in [0.25, 0.3) is 0 Å². The summed E-state index contributed by atoms with van der Waals surface area (Å²) in [6.45, 7) is 2.19. The predicted molar refractivity (Wildman–Crippen MR) is 80.8 cm³/mol. The number of aliphatic hydroxyl groups is 1. The summed E-state index contributed by atoms with van der Waals surface area (Å²) in [6, 6.07) is 14.5. The van der Waals surface area contributed by atoms with Gasteiger partial charge in [0.1, 0.15) is 0 Å². The summed E-state index contributed by atoms with van der Waals surface area (Å²) in [6.07, 6.45) is 0. The molecule has 3 heteroatoms. The average molecular weight is 323 g/mol. The van der Waals surface area contributed by atoms with Crippen LogP contribution in [0.3, 0.4) is 0 Å². The molecule has 0 saturated heterocycles. The van der Waals surface area contributed by atoms with E-state index in [0.717, 1.165) is 20.7 Å². The second-order valence-electron chi connectivity index (χ2n) is 4.19. The van der Waals surface area contributed by atoms with Crippen molar-refractivity contribution >= 4 is 27.7 Å². The quantitative estimate of drug-likeness (QED) is 0.834. The van der Waals surface area contributed by atoms with Gasteiger partial charge in [-0.2, -0.15) is 0 Å². The lowest BCUT2D eigenvalue weighted by molar-refractivity contribution is 0.279. The molecule has 0 heterocycles. The van der Waals surface area contributed by atoms with E-state index < -0.39 is 0 Å². The minimum atomic E-state index is 0.0867. The van der Waals surface area contributed by atoms with Crippen LogP contribution in [0.5, 0.6) is 0 Å². The molecule has 0 aliphatic rings. The van der Waals surface area contributed by atoms with Gasteiger partial charge in [-0.1, -0.05) is 51.8 Å². The van der Waals surface area contributed by atoms with Gasteiger partial charge in [-0.15, -0.1) is 11.8 Å². The smallest absolute Gasteiger partial charge is 0.0692 e. The third-order valence-corrected chi connectivity index (χ3v) is 4.34. The molecule has 0 aromatic heterocycles. The molecule has 94 valence electrons. The molecule has 0 aliphatic heterocycles. The Morgan fingerprint density at radius 3 is 2.72 bits per heavy atom. The summed E-state index contributed by atoms with van der Waals surface area (Å²) in [7, 11) is 0. The molecule has 0 atom stereocenters. The first kappa shape index (κ1) is 13.7. The molecule has 0 amide bonds. The second kappa shape index (κ2) is 6.41. The molecule has 0 saturated carbocycles. The van der Waals surface area contributed by atoms with E-state index >= 15 is 0 Å². The number of benzene rings is 2. The first-order valence-electron chi connectivity index (χ1n) is 5.76. The van der Waals surface area contributed by atoms with Crippen LogP contribution >= 0.6 is 27.7 Å². The van der Waals surface area contributed by atoms with Crippen LogP contribution < -0.4 is 0 Å². The number of hydrogen-bond donors (Lipinski definition) is 1. The number of hydrogen-bond acceptors (Lipinski definition) is 2. The SMILES string of the molecule is Cc1cccc(CSc2cc(Br)ccc2CO)c1. The first-order valence-corrected chi connectivity index (χ1v) is 7.54. The van der Waals surface area contributed by atoms with Crippen LogP contribution in [0, 0.1) is 6.92 Å². The Labute approximate surface area is 120 Å². The number of halogens is 1. The molecule has 2 aromatic rings. The van der Waals surface area contributed by atoms with Crippen LogP contribution in [0.25, 0.3) is 0 Å². The highest BCUT2D eigenvalue weighted by Crippen LogP contribution is 2.29. The summed E-state index contributed by atoms with van der Waals surface area (Å²) in [5.74, 6) is 0.922. The van der Waals surface area contributed by atoms with E-state index in [1.165, 1.54) is 11.1 Å². The lowest BCUT2D eigenvalue weighted by Crippen LogP contribution is -1.89. The zero-order valence-corrected chi connectivity index (χ0v) is 12.6. The van der Waals surface area contributed by atoms with Crippen molar-refractivity contribution in [2.75, 3.05) is 0 Å². The monoisotopic (exact) mass is 322 g/mol. The summed E-state index contributed by atoms with van der Waals surface area (Å²) in [5, 5.41) is 9.32. The fourth-order valence-electron chi connectivity index (χ4n) is 1.76. The van der Waals surface area contributed by atoms with Crippen molar-refractivity contribution in [3.05, 3.63) is 63.6 Å². The van der Waals surface area contributed by atoms with Gasteiger partial charge in [-0.3, -0.25) is 0 Å². The molecule has 18 heavy (non-hydrogen) atoms. The van der Waals surface area contributed by atoms with Crippen molar-refractivity contribution < 1.29 is 5.11 Å². The Hall–Kier alpha value is -0.770. The van der Waals surface area contributed by atoms with E-state index in [-0.39, 0.29) is 6.61 Å². The molecule has 1 nitrogen and oxygen atoms in total. The van der Waals surface area contributed by atoms with Gasteiger partial charge >= 0.3 is 0 Å². The lowest BCUT2D eigenvalue weighted by Gasteiger charge is -2.08. The molecular formula is C15H15BrOS. The third-order valence-electron chi connectivity index (χ3n) is 2.68. The van der Waals surface area contributed by atoms with Gasteiger partial charge in [0.2, 0.25) is 0 Å². The Balaban J connectivity index is 2.12. The third kappa shape index (κ3) is 3.61. The average Bonchev–Trinajstić information content (AvgIpc) is 2.37. The van der Waals surface area contributed by atoms with Crippen LogP contribution in [0.4, 0.5) is 0 Å². The fraction of sp³-hybridized carbons (Fsp3) is 0.200. The van der Waals surface area contributed by atoms with Crippen molar-refractivity contribution in [3.63, 3.8) is 0 Å². The zero-order valence-electron chi connectivity index (χ0n) is 10.2. The summed E-state index contributed by atoms with van der Waals surface area (Å²) in [4.78, 5) is 1.13. The van der Waals surface area contributed by atoms with Crippen LogP contribution in [-0.4, -0.2) is 5.11 Å². The second-order valence-corrected chi connectivity index (χ2v) is 6.12.